The maximum absolute atomic E-state index is 10.6. The first-order chi connectivity index (χ1) is 6.43. The zero-order valence-corrected chi connectivity index (χ0v) is 7.67. The second kappa shape index (κ2) is 3.44. The normalized spacial score (nSPS) is 12.4. The van der Waals surface area contributed by atoms with Crippen molar-refractivity contribution >= 4 is 11.8 Å². The summed E-state index contributed by atoms with van der Waals surface area (Å²) in [6.07, 6.45) is 0. The van der Waals surface area contributed by atoms with Crippen LogP contribution in [0.3, 0.4) is 0 Å². The van der Waals surface area contributed by atoms with Crippen molar-refractivity contribution < 1.29 is 14.8 Å². The molecule has 1 heterocycles. The highest BCUT2D eigenvalue weighted by Gasteiger charge is 2.23. The van der Waals surface area contributed by atoms with Crippen molar-refractivity contribution in [3.05, 3.63) is 21.9 Å². The number of aryl methyl sites for hydroxylation is 1. The SMILES string of the molecule is Cc1cc([N+](=O)[O-])nn1[C@H](C)C(=O)O. The van der Waals surface area contributed by atoms with Gasteiger partial charge in [-0.25, -0.2) is 4.79 Å². The summed E-state index contributed by atoms with van der Waals surface area (Å²) < 4.78 is 1.11. The Bertz CT molecular complexity index is 384. The van der Waals surface area contributed by atoms with Gasteiger partial charge in [0, 0.05) is 0 Å². The van der Waals surface area contributed by atoms with Gasteiger partial charge in [0.2, 0.25) is 0 Å². The van der Waals surface area contributed by atoms with Crippen molar-refractivity contribution in [3.63, 3.8) is 0 Å². The number of carboxylic acids is 1. The summed E-state index contributed by atoms with van der Waals surface area (Å²) >= 11 is 0. The molecule has 0 spiro atoms. The summed E-state index contributed by atoms with van der Waals surface area (Å²) in [5, 5.41) is 22.6. The molecule has 0 aliphatic heterocycles. The molecular formula is C7H9N3O4. The molecule has 7 nitrogen and oxygen atoms in total. The van der Waals surface area contributed by atoms with E-state index in [0.717, 1.165) is 4.68 Å². The Kier molecular flexibility index (Phi) is 2.50. The number of carbonyl (C=O) groups is 1. The van der Waals surface area contributed by atoms with E-state index in [0.29, 0.717) is 5.69 Å². The Morgan fingerprint density at radius 1 is 1.79 bits per heavy atom. The molecule has 0 bridgehead atoms. The third-order valence-electron chi connectivity index (χ3n) is 1.82. The molecule has 0 aromatic carbocycles. The molecule has 0 saturated heterocycles. The summed E-state index contributed by atoms with van der Waals surface area (Å²) in [5.41, 5.74) is 0.451. The van der Waals surface area contributed by atoms with Gasteiger partial charge in [-0.05, 0) is 18.8 Å². The topological polar surface area (TPSA) is 98.3 Å². The minimum atomic E-state index is -1.08. The van der Waals surface area contributed by atoms with Crippen LogP contribution in [0.4, 0.5) is 5.82 Å². The lowest BCUT2D eigenvalue weighted by Gasteiger charge is -2.03. The highest BCUT2D eigenvalue weighted by atomic mass is 16.6. The van der Waals surface area contributed by atoms with Crippen LogP contribution in [0.1, 0.15) is 18.7 Å². The Morgan fingerprint density at radius 3 is 2.71 bits per heavy atom. The van der Waals surface area contributed by atoms with E-state index in [2.05, 4.69) is 5.10 Å². The first kappa shape index (κ1) is 10.2. The Morgan fingerprint density at radius 2 is 2.36 bits per heavy atom. The third-order valence-corrected chi connectivity index (χ3v) is 1.82. The van der Waals surface area contributed by atoms with E-state index in [4.69, 9.17) is 5.11 Å². The molecule has 0 amide bonds. The molecule has 0 aliphatic carbocycles. The zero-order valence-electron chi connectivity index (χ0n) is 7.67. The quantitative estimate of drug-likeness (QED) is 0.571. The number of nitrogens with zero attached hydrogens (tertiary/aromatic N) is 3. The molecule has 0 saturated carbocycles. The second-order valence-electron chi connectivity index (χ2n) is 2.86. The fourth-order valence-corrected chi connectivity index (χ4v) is 1.06. The van der Waals surface area contributed by atoms with Crippen LogP contribution >= 0.6 is 0 Å². The zero-order chi connectivity index (χ0) is 10.9. The van der Waals surface area contributed by atoms with Gasteiger partial charge in [-0.2, -0.15) is 4.68 Å². The average Bonchev–Trinajstić information content (AvgIpc) is 2.46. The van der Waals surface area contributed by atoms with Crippen LogP contribution in [0.25, 0.3) is 0 Å². The number of hydrogen-bond acceptors (Lipinski definition) is 4. The minimum Gasteiger partial charge on any atom is -0.480 e. The molecule has 0 aliphatic rings. The lowest BCUT2D eigenvalue weighted by Crippen LogP contribution is -2.17. The molecule has 1 atom stereocenters. The number of nitro groups is 1. The minimum absolute atomic E-state index is 0.337. The monoisotopic (exact) mass is 199 g/mol. The maximum atomic E-state index is 10.6. The van der Waals surface area contributed by atoms with Gasteiger partial charge in [0.25, 0.3) is 0 Å². The van der Waals surface area contributed by atoms with E-state index in [1.165, 1.54) is 13.0 Å². The summed E-state index contributed by atoms with van der Waals surface area (Å²) in [7, 11) is 0. The highest BCUT2D eigenvalue weighted by Crippen LogP contribution is 2.15. The number of rotatable bonds is 3. The van der Waals surface area contributed by atoms with Gasteiger partial charge in [0.05, 0.1) is 16.9 Å². The van der Waals surface area contributed by atoms with Crippen molar-refractivity contribution in [3.8, 4) is 0 Å². The van der Waals surface area contributed by atoms with Crippen LogP contribution in [-0.2, 0) is 4.79 Å². The summed E-state index contributed by atoms with van der Waals surface area (Å²) in [4.78, 5) is 20.3. The van der Waals surface area contributed by atoms with Crippen molar-refractivity contribution in [2.24, 2.45) is 0 Å². The lowest BCUT2D eigenvalue weighted by molar-refractivity contribution is -0.389. The predicted octanol–water partition coefficient (Wildman–Crippen LogP) is 0.745. The molecule has 0 fully saturated rings. The summed E-state index contributed by atoms with van der Waals surface area (Å²) in [6, 6.07) is 0.336. The van der Waals surface area contributed by atoms with E-state index in [1.54, 1.807) is 6.92 Å². The molecule has 1 N–H and O–H groups in total. The fourth-order valence-electron chi connectivity index (χ4n) is 1.06. The van der Waals surface area contributed by atoms with Crippen molar-refractivity contribution in [1.82, 2.24) is 9.78 Å². The van der Waals surface area contributed by atoms with Crippen LogP contribution in [0.2, 0.25) is 0 Å². The Balaban J connectivity index is 3.10. The van der Waals surface area contributed by atoms with Gasteiger partial charge in [0.15, 0.2) is 6.04 Å². The first-order valence-electron chi connectivity index (χ1n) is 3.87. The van der Waals surface area contributed by atoms with Crippen LogP contribution in [0.5, 0.6) is 0 Å². The number of hydrogen-bond donors (Lipinski definition) is 1. The molecule has 0 unspecified atom stereocenters. The van der Waals surface area contributed by atoms with E-state index < -0.39 is 16.9 Å². The summed E-state index contributed by atoms with van der Waals surface area (Å²) in [5.74, 6) is -1.42. The average molecular weight is 199 g/mol. The first-order valence-corrected chi connectivity index (χ1v) is 3.87. The molecule has 1 aromatic rings. The van der Waals surface area contributed by atoms with Gasteiger partial charge in [-0.15, -0.1) is 0 Å². The summed E-state index contributed by atoms with van der Waals surface area (Å²) in [6.45, 7) is 2.98. The van der Waals surface area contributed by atoms with E-state index in [9.17, 15) is 14.9 Å². The van der Waals surface area contributed by atoms with Crippen molar-refractivity contribution in [2.45, 2.75) is 19.9 Å². The Hall–Kier alpha value is -1.92. The molecule has 76 valence electrons. The predicted molar refractivity (Wildman–Crippen MR) is 46.0 cm³/mol. The van der Waals surface area contributed by atoms with Crippen molar-refractivity contribution in [2.75, 3.05) is 0 Å². The van der Waals surface area contributed by atoms with Gasteiger partial charge < -0.3 is 15.2 Å². The molecule has 0 radical (unpaired) electrons. The fraction of sp³-hybridized carbons (Fsp3) is 0.429. The smallest absolute Gasteiger partial charge is 0.390 e. The van der Waals surface area contributed by atoms with Crippen LogP contribution < -0.4 is 0 Å². The van der Waals surface area contributed by atoms with E-state index in [-0.39, 0.29) is 5.82 Å². The van der Waals surface area contributed by atoms with Gasteiger partial charge in [-0.1, -0.05) is 0 Å². The third kappa shape index (κ3) is 1.70. The molecular weight excluding hydrogens is 190 g/mol. The van der Waals surface area contributed by atoms with Crippen LogP contribution in [-0.4, -0.2) is 25.8 Å². The van der Waals surface area contributed by atoms with E-state index in [1.807, 2.05) is 0 Å². The standard InChI is InChI=1S/C7H9N3O4/c1-4-3-6(10(13)14)8-9(4)5(2)7(11)12/h3,5H,1-2H3,(H,11,12)/t5-/m1/s1. The second-order valence-corrected chi connectivity index (χ2v) is 2.86. The largest absolute Gasteiger partial charge is 0.480 e. The van der Waals surface area contributed by atoms with Crippen LogP contribution in [0.15, 0.2) is 6.07 Å². The molecule has 1 aromatic heterocycles. The van der Waals surface area contributed by atoms with Crippen molar-refractivity contribution in [1.29, 1.82) is 0 Å². The Labute approximate surface area is 79.1 Å². The highest BCUT2D eigenvalue weighted by molar-refractivity contribution is 5.71. The number of carboxylic acid groups (broad SMARTS) is 1. The van der Waals surface area contributed by atoms with Gasteiger partial charge >= 0.3 is 11.8 Å². The molecule has 7 heteroatoms. The van der Waals surface area contributed by atoms with Crippen LogP contribution in [0, 0.1) is 17.0 Å². The maximum Gasteiger partial charge on any atom is 0.390 e. The number of aromatic nitrogens is 2. The molecule has 14 heavy (non-hydrogen) atoms. The molecule has 1 rings (SSSR count). The van der Waals surface area contributed by atoms with Gasteiger partial charge in [0.1, 0.15) is 0 Å². The van der Waals surface area contributed by atoms with E-state index >= 15 is 0 Å². The lowest BCUT2D eigenvalue weighted by atomic mass is 10.3. The van der Waals surface area contributed by atoms with Gasteiger partial charge in [-0.3, -0.25) is 0 Å². The number of aliphatic carboxylic acids is 1.